The number of amidine groups is 1. The van der Waals surface area contributed by atoms with Crippen molar-refractivity contribution in [2.45, 2.75) is 19.8 Å². The van der Waals surface area contributed by atoms with Crippen molar-refractivity contribution in [2.75, 3.05) is 13.2 Å². The van der Waals surface area contributed by atoms with Crippen molar-refractivity contribution in [1.82, 2.24) is 0 Å². The molecule has 2 rings (SSSR count). The summed E-state index contributed by atoms with van der Waals surface area (Å²) in [4.78, 5) is 4.29. The van der Waals surface area contributed by atoms with E-state index in [1.54, 1.807) is 0 Å². The summed E-state index contributed by atoms with van der Waals surface area (Å²) in [6.45, 7) is 3.29. The Morgan fingerprint density at radius 3 is 3.00 bits per heavy atom. The van der Waals surface area contributed by atoms with E-state index in [0.717, 1.165) is 11.6 Å². The Labute approximate surface area is 96.3 Å². The molecule has 1 aliphatic rings. The summed E-state index contributed by atoms with van der Waals surface area (Å²) < 4.78 is 5.57. The van der Waals surface area contributed by atoms with Gasteiger partial charge in [0, 0.05) is 5.92 Å². The van der Waals surface area contributed by atoms with Crippen LogP contribution in [0, 0.1) is 12.8 Å². The van der Waals surface area contributed by atoms with E-state index in [-0.39, 0.29) is 0 Å². The number of aliphatic imine (C=N–C) groups is 1. The van der Waals surface area contributed by atoms with Crippen molar-refractivity contribution in [2.24, 2.45) is 16.6 Å². The van der Waals surface area contributed by atoms with Crippen molar-refractivity contribution in [1.29, 1.82) is 0 Å². The molecule has 0 aliphatic heterocycles. The molecule has 86 valence electrons. The molecule has 0 heterocycles. The number of hydrogen-bond donors (Lipinski definition) is 1. The van der Waals surface area contributed by atoms with Crippen LogP contribution in [-0.2, 0) is 0 Å². The third-order valence-corrected chi connectivity index (χ3v) is 2.64. The molecule has 3 heteroatoms. The molecule has 0 atom stereocenters. The Hall–Kier alpha value is -1.51. The molecule has 0 aromatic heterocycles. The number of nitrogens with two attached hydrogens (primary N) is 1. The standard InChI is InChI=1S/C13H18N2O/c1-10-3-2-4-12(9-10)16-8-7-15-13(14)11-5-6-11/h2-4,9,11H,5-8H2,1H3,(H2,14,15). The zero-order chi connectivity index (χ0) is 11.4. The SMILES string of the molecule is Cc1cccc(OCCN=C(N)C2CC2)c1. The molecule has 0 radical (unpaired) electrons. The van der Waals surface area contributed by atoms with Crippen LogP contribution in [0.1, 0.15) is 18.4 Å². The summed E-state index contributed by atoms with van der Waals surface area (Å²) in [6.07, 6.45) is 2.40. The number of benzene rings is 1. The first-order valence-corrected chi connectivity index (χ1v) is 5.75. The van der Waals surface area contributed by atoms with Gasteiger partial charge in [-0.15, -0.1) is 0 Å². The van der Waals surface area contributed by atoms with Gasteiger partial charge in [0.1, 0.15) is 12.4 Å². The molecule has 0 bridgehead atoms. The highest BCUT2D eigenvalue weighted by atomic mass is 16.5. The van der Waals surface area contributed by atoms with Gasteiger partial charge in [0.15, 0.2) is 0 Å². The molecule has 16 heavy (non-hydrogen) atoms. The Kier molecular flexibility index (Phi) is 3.44. The lowest BCUT2D eigenvalue weighted by Crippen LogP contribution is -2.16. The average Bonchev–Trinajstić information content (AvgIpc) is 3.08. The van der Waals surface area contributed by atoms with Gasteiger partial charge in [-0.05, 0) is 37.5 Å². The predicted molar refractivity (Wildman–Crippen MR) is 65.9 cm³/mol. The quantitative estimate of drug-likeness (QED) is 0.467. The van der Waals surface area contributed by atoms with Gasteiger partial charge < -0.3 is 10.5 Å². The van der Waals surface area contributed by atoms with E-state index in [2.05, 4.69) is 18.0 Å². The van der Waals surface area contributed by atoms with Crippen LogP contribution in [-0.4, -0.2) is 19.0 Å². The molecule has 0 amide bonds. The fraction of sp³-hybridized carbons (Fsp3) is 0.462. The minimum absolute atomic E-state index is 0.555. The first-order chi connectivity index (χ1) is 7.75. The molecule has 0 spiro atoms. The molecule has 1 aliphatic carbocycles. The third-order valence-electron chi connectivity index (χ3n) is 2.64. The molecule has 1 aromatic carbocycles. The summed E-state index contributed by atoms with van der Waals surface area (Å²) in [5.41, 5.74) is 6.98. The largest absolute Gasteiger partial charge is 0.492 e. The lowest BCUT2D eigenvalue weighted by Gasteiger charge is -2.05. The number of nitrogens with zero attached hydrogens (tertiary/aromatic N) is 1. The monoisotopic (exact) mass is 218 g/mol. The summed E-state index contributed by atoms with van der Waals surface area (Å²) in [6, 6.07) is 8.03. The van der Waals surface area contributed by atoms with Crippen LogP contribution in [0.5, 0.6) is 5.75 Å². The Morgan fingerprint density at radius 2 is 2.31 bits per heavy atom. The maximum atomic E-state index is 5.78. The predicted octanol–water partition coefficient (Wildman–Crippen LogP) is 2.14. The molecule has 1 aromatic rings. The van der Waals surface area contributed by atoms with Gasteiger partial charge in [-0.3, -0.25) is 4.99 Å². The third kappa shape index (κ3) is 3.26. The van der Waals surface area contributed by atoms with Crippen molar-refractivity contribution >= 4 is 5.84 Å². The summed E-state index contributed by atoms with van der Waals surface area (Å²) in [5.74, 6) is 2.26. The second-order valence-electron chi connectivity index (χ2n) is 4.25. The van der Waals surface area contributed by atoms with E-state index < -0.39 is 0 Å². The average molecular weight is 218 g/mol. The number of ether oxygens (including phenoxy) is 1. The Balaban J connectivity index is 1.73. The van der Waals surface area contributed by atoms with Gasteiger partial charge in [0.25, 0.3) is 0 Å². The van der Waals surface area contributed by atoms with Gasteiger partial charge in [-0.25, -0.2) is 0 Å². The molecule has 0 unspecified atom stereocenters. The smallest absolute Gasteiger partial charge is 0.119 e. The van der Waals surface area contributed by atoms with Gasteiger partial charge >= 0.3 is 0 Å². The van der Waals surface area contributed by atoms with Crippen molar-refractivity contribution in [3.05, 3.63) is 29.8 Å². The molecule has 1 saturated carbocycles. The van der Waals surface area contributed by atoms with Crippen molar-refractivity contribution in [3.63, 3.8) is 0 Å². The highest BCUT2D eigenvalue weighted by Crippen LogP contribution is 2.28. The normalized spacial score (nSPS) is 16.2. The zero-order valence-corrected chi connectivity index (χ0v) is 9.65. The fourth-order valence-electron chi connectivity index (χ4n) is 1.55. The number of rotatable bonds is 5. The summed E-state index contributed by atoms with van der Waals surface area (Å²) in [5, 5.41) is 0. The maximum absolute atomic E-state index is 5.78. The summed E-state index contributed by atoms with van der Waals surface area (Å²) >= 11 is 0. The van der Waals surface area contributed by atoms with Gasteiger partial charge in [0.05, 0.1) is 12.4 Å². The lowest BCUT2D eigenvalue weighted by molar-refractivity contribution is 0.328. The number of aryl methyl sites for hydroxylation is 1. The van der Waals surface area contributed by atoms with Crippen LogP contribution in [0.4, 0.5) is 0 Å². The lowest BCUT2D eigenvalue weighted by atomic mass is 10.2. The molecule has 0 saturated heterocycles. The second-order valence-corrected chi connectivity index (χ2v) is 4.25. The van der Waals surface area contributed by atoms with E-state index in [9.17, 15) is 0 Å². The number of hydrogen-bond acceptors (Lipinski definition) is 2. The minimum atomic E-state index is 0.555. The first kappa shape index (κ1) is 11.0. The van der Waals surface area contributed by atoms with Crippen LogP contribution < -0.4 is 10.5 Å². The van der Waals surface area contributed by atoms with Gasteiger partial charge in [-0.2, -0.15) is 0 Å². The fourth-order valence-corrected chi connectivity index (χ4v) is 1.55. The van der Waals surface area contributed by atoms with E-state index in [0.29, 0.717) is 19.1 Å². The Morgan fingerprint density at radius 1 is 1.50 bits per heavy atom. The van der Waals surface area contributed by atoms with E-state index in [4.69, 9.17) is 10.5 Å². The highest BCUT2D eigenvalue weighted by molar-refractivity contribution is 5.84. The minimum Gasteiger partial charge on any atom is -0.492 e. The van der Waals surface area contributed by atoms with Gasteiger partial charge in [0.2, 0.25) is 0 Å². The van der Waals surface area contributed by atoms with Crippen LogP contribution in [0.15, 0.2) is 29.3 Å². The Bertz CT molecular complexity index is 383. The first-order valence-electron chi connectivity index (χ1n) is 5.75. The van der Waals surface area contributed by atoms with Crippen LogP contribution in [0.2, 0.25) is 0 Å². The summed E-state index contributed by atoms with van der Waals surface area (Å²) in [7, 11) is 0. The molecule has 3 nitrogen and oxygen atoms in total. The van der Waals surface area contributed by atoms with E-state index in [1.807, 2.05) is 18.2 Å². The zero-order valence-electron chi connectivity index (χ0n) is 9.65. The van der Waals surface area contributed by atoms with Crippen LogP contribution >= 0.6 is 0 Å². The van der Waals surface area contributed by atoms with Crippen molar-refractivity contribution < 1.29 is 4.74 Å². The van der Waals surface area contributed by atoms with Crippen LogP contribution in [0.3, 0.4) is 0 Å². The molecular weight excluding hydrogens is 200 g/mol. The molecule has 2 N–H and O–H groups in total. The topological polar surface area (TPSA) is 47.6 Å². The highest BCUT2D eigenvalue weighted by Gasteiger charge is 2.24. The van der Waals surface area contributed by atoms with E-state index in [1.165, 1.54) is 18.4 Å². The maximum Gasteiger partial charge on any atom is 0.119 e. The van der Waals surface area contributed by atoms with E-state index >= 15 is 0 Å². The second kappa shape index (κ2) is 5.01. The van der Waals surface area contributed by atoms with Crippen LogP contribution in [0.25, 0.3) is 0 Å². The molecule has 1 fully saturated rings. The molecular formula is C13H18N2O. The van der Waals surface area contributed by atoms with Gasteiger partial charge in [-0.1, -0.05) is 12.1 Å². The van der Waals surface area contributed by atoms with Crippen molar-refractivity contribution in [3.8, 4) is 5.75 Å².